The van der Waals surface area contributed by atoms with Crippen molar-refractivity contribution in [3.63, 3.8) is 0 Å². The van der Waals surface area contributed by atoms with Gasteiger partial charge in [-0.15, -0.1) is 22.7 Å². The van der Waals surface area contributed by atoms with Gasteiger partial charge in [0.2, 0.25) is 0 Å². The lowest BCUT2D eigenvalue weighted by molar-refractivity contribution is -0.148. The van der Waals surface area contributed by atoms with Crippen molar-refractivity contribution in [2.75, 3.05) is 6.61 Å². The number of hydrogen-bond acceptors (Lipinski definition) is 8. The molecule has 1 atom stereocenters. The van der Waals surface area contributed by atoms with Crippen molar-refractivity contribution >= 4 is 40.2 Å². The first-order valence-electron chi connectivity index (χ1n) is 7.50. The molecule has 0 radical (unpaired) electrons. The molecule has 0 aliphatic rings. The standard InChI is InChI=1S/C17H16N2O4S2/c1-10-9-24-17(19-10)12(7-18)14(21)8-23-16(22)6-4-13(20)15-5-3-11(2)25-15/h3,5,9,12H,4,6,8H2,1-2H3/t12-/m0/s1. The number of aromatic nitrogens is 1. The molecular weight excluding hydrogens is 360 g/mol. The number of thiophene rings is 1. The van der Waals surface area contributed by atoms with Crippen LogP contribution in [0.5, 0.6) is 0 Å². The molecule has 0 aromatic carbocycles. The van der Waals surface area contributed by atoms with Crippen LogP contribution in [0, 0.1) is 25.2 Å². The number of nitriles is 1. The number of carbonyl (C=O) groups is 3. The number of thiazole rings is 1. The molecule has 130 valence electrons. The Morgan fingerprint density at radius 2 is 2.04 bits per heavy atom. The zero-order chi connectivity index (χ0) is 18.4. The summed E-state index contributed by atoms with van der Waals surface area (Å²) in [6.45, 7) is 3.17. The molecule has 2 rings (SSSR count). The predicted octanol–water partition coefficient (Wildman–Crippen LogP) is 3.20. The van der Waals surface area contributed by atoms with Crippen LogP contribution in [-0.2, 0) is 14.3 Å². The summed E-state index contributed by atoms with van der Waals surface area (Å²) < 4.78 is 4.89. The van der Waals surface area contributed by atoms with Crippen LogP contribution in [0.15, 0.2) is 17.5 Å². The Kier molecular flexibility index (Phi) is 6.56. The van der Waals surface area contributed by atoms with Crippen molar-refractivity contribution in [2.45, 2.75) is 32.6 Å². The van der Waals surface area contributed by atoms with Crippen LogP contribution in [0.25, 0.3) is 0 Å². The minimum Gasteiger partial charge on any atom is -0.458 e. The number of nitrogens with zero attached hydrogens (tertiary/aromatic N) is 2. The molecule has 2 aromatic heterocycles. The van der Waals surface area contributed by atoms with Gasteiger partial charge in [-0.05, 0) is 26.0 Å². The first-order chi connectivity index (χ1) is 11.9. The number of aryl methyl sites for hydroxylation is 2. The molecule has 0 aliphatic heterocycles. The van der Waals surface area contributed by atoms with E-state index in [-0.39, 0.29) is 18.6 Å². The summed E-state index contributed by atoms with van der Waals surface area (Å²) in [7, 11) is 0. The molecule has 0 unspecified atom stereocenters. The van der Waals surface area contributed by atoms with Gasteiger partial charge >= 0.3 is 5.97 Å². The van der Waals surface area contributed by atoms with Crippen LogP contribution in [0.1, 0.15) is 44.0 Å². The van der Waals surface area contributed by atoms with Gasteiger partial charge in [-0.1, -0.05) is 0 Å². The fourth-order valence-electron chi connectivity index (χ4n) is 2.00. The Balaban J connectivity index is 1.80. The zero-order valence-corrected chi connectivity index (χ0v) is 15.4. The quantitative estimate of drug-likeness (QED) is 0.518. The van der Waals surface area contributed by atoms with Crippen molar-refractivity contribution in [3.05, 3.63) is 38.0 Å². The van der Waals surface area contributed by atoms with Crippen molar-refractivity contribution in [1.29, 1.82) is 5.26 Å². The number of ketones is 2. The summed E-state index contributed by atoms with van der Waals surface area (Å²) in [5.74, 6) is -2.33. The Morgan fingerprint density at radius 3 is 2.60 bits per heavy atom. The first-order valence-corrected chi connectivity index (χ1v) is 9.20. The van der Waals surface area contributed by atoms with Crippen LogP contribution >= 0.6 is 22.7 Å². The molecule has 6 nitrogen and oxygen atoms in total. The van der Waals surface area contributed by atoms with Gasteiger partial charge in [0.25, 0.3) is 0 Å². The maximum absolute atomic E-state index is 12.1. The molecule has 2 heterocycles. The van der Waals surface area contributed by atoms with Gasteiger partial charge in [-0.2, -0.15) is 5.26 Å². The topological polar surface area (TPSA) is 97.1 Å². The van der Waals surface area contributed by atoms with Gasteiger partial charge in [0.1, 0.15) is 5.01 Å². The zero-order valence-electron chi connectivity index (χ0n) is 13.8. The second-order valence-corrected chi connectivity index (χ2v) is 7.53. The first kappa shape index (κ1) is 19.0. The molecule has 0 amide bonds. The molecule has 0 aliphatic carbocycles. The number of ether oxygens (including phenoxy) is 1. The minimum atomic E-state index is -1.04. The Labute approximate surface area is 153 Å². The third kappa shape index (κ3) is 5.31. The van der Waals surface area contributed by atoms with Crippen LogP contribution < -0.4 is 0 Å². The third-order valence-corrected chi connectivity index (χ3v) is 5.35. The predicted molar refractivity (Wildman–Crippen MR) is 93.8 cm³/mol. The van der Waals surface area contributed by atoms with E-state index in [0.717, 1.165) is 10.6 Å². The number of carbonyl (C=O) groups excluding carboxylic acids is 3. The Bertz CT molecular complexity index is 832. The molecule has 2 aromatic rings. The lowest BCUT2D eigenvalue weighted by Gasteiger charge is -2.06. The summed E-state index contributed by atoms with van der Waals surface area (Å²) >= 11 is 2.59. The SMILES string of the molecule is Cc1csc([C@@H](C#N)C(=O)COC(=O)CCC(=O)c2ccc(C)s2)n1. The van der Waals surface area contributed by atoms with E-state index >= 15 is 0 Å². The van der Waals surface area contributed by atoms with Crippen molar-refractivity contribution < 1.29 is 19.1 Å². The average Bonchev–Trinajstić information content (AvgIpc) is 3.20. The van der Waals surface area contributed by atoms with Crippen LogP contribution in [-0.4, -0.2) is 29.1 Å². The molecule has 25 heavy (non-hydrogen) atoms. The van der Waals surface area contributed by atoms with Crippen LogP contribution in [0.3, 0.4) is 0 Å². The number of Topliss-reactive ketones (excluding diaryl/α,β-unsaturated/α-hetero) is 2. The maximum Gasteiger partial charge on any atom is 0.306 e. The second-order valence-electron chi connectivity index (χ2n) is 5.35. The summed E-state index contributed by atoms with van der Waals surface area (Å²) in [5, 5.41) is 11.3. The lowest BCUT2D eigenvalue weighted by Crippen LogP contribution is -2.20. The smallest absolute Gasteiger partial charge is 0.306 e. The van der Waals surface area contributed by atoms with E-state index in [4.69, 9.17) is 10.00 Å². The van der Waals surface area contributed by atoms with Crippen LogP contribution in [0.2, 0.25) is 0 Å². The molecule has 8 heteroatoms. The van der Waals surface area contributed by atoms with E-state index in [1.165, 1.54) is 22.7 Å². The number of esters is 1. The van der Waals surface area contributed by atoms with Gasteiger partial charge in [0, 0.05) is 22.4 Å². The van der Waals surface area contributed by atoms with Crippen molar-refractivity contribution in [2.24, 2.45) is 0 Å². The Morgan fingerprint density at radius 1 is 1.28 bits per heavy atom. The molecular formula is C17H16N2O4S2. The molecule has 0 saturated carbocycles. The fraction of sp³-hybridized carbons (Fsp3) is 0.353. The van der Waals surface area contributed by atoms with E-state index in [0.29, 0.717) is 9.88 Å². The van der Waals surface area contributed by atoms with Gasteiger partial charge in [0.05, 0.1) is 17.4 Å². The molecule has 0 N–H and O–H groups in total. The van der Waals surface area contributed by atoms with E-state index < -0.39 is 24.3 Å². The van der Waals surface area contributed by atoms with E-state index in [1.807, 2.05) is 19.1 Å². The van der Waals surface area contributed by atoms with Crippen molar-refractivity contribution in [3.8, 4) is 6.07 Å². The summed E-state index contributed by atoms with van der Waals surface area (Å²) in [5.41, 5.74) is 0.729. The summed E-state index contributed by atoms with van der Waals surface area (Å²) in [4.78, 5) is 41.4. The maximum atomic E-state index is 12.1. The minimum absolute atomic E-state index is 0.0281. The largest absolute Gasteiger partial charge is 0.458 e. The third-order valence-electron chi connectivity index (χ3n) is 3.28. The molecule has 0 fully saturated rings. The van der Waals surface area contributed by atoms with Crippen LogP contribution in [0.4, 0.5) is 0 Å². The van der Waals surface area contributed by atoms with Crippen molar-refractivity contribution in [1.82, 2.24) is 4.98 Å². The highest BCUT2D eigenvalue weighted by molar-refractivity contribution is 7.14. The highest BCUT2D eigenvalue weighted by atomic mass is 32.1. The van der Waals surface area contributed by atoms with Gasteiger partial charge in [-0.3, -0.25) is 14.4 Å². The highest BCUT2D eigenvalue weighted by Crippen LogP contribution is 2.21. The van der Waals surface area contributed by atoms with Gasteiger partial charge in [0.15, 0.2) is 24.1 Å². The van der Waals surface area contributed by atoms with E-state index in [2.05, 4.69) is 4.98 Å². The molecule has 0 saturated heterocycles. The van der Waals surface area contributed by atoms with E-state index in [1.54, 1.807) is 18.4 Å². The van der Waals surface area contributed by atoms with E-state index in [9.17, 15) is 14.4 Å². The summed E-state index contributed by atoms with van der Waals surface area (Å²) in [6, 6.07) is 5.45. The normalized spacial score (nSPS) is 11.6. The lowest BCUT2D eigenvalue weighted by atomic mass is 10.1. The number of hydrogen-bond donors (Lipinski definition) is 0. The number of rotatable bonds is 8. The summed E-state index contributed by atoms with van der Waals surface area (Å²) in [6.07, 6.45) is -0.0724. The van der Waals surface area contributed by atoms with Gasteiger partial charge < -0.3 is 4.74 Å². The highest BCUT2D eigenvalue weighted by Gasteiger charge is 2.24. The second kappa shape index (κ2) is 8.65. The average molecular weight is 376 g/mol. The fourth-order valence-corrected chi connectivity index (χ4v) is 3.70. The Hall–Kier alpha value is -2.37. The molecule has 0 bridgehead atoms. The van der Waals surface area contributed by atoms with Gasteiger partial charge in [-0.25, -0.2) is 4.98 Å². The molecule has 0 spiro atoms. The monoisotopic (exact) mass is 376 g/mol.